The fraction of sp³-hybridized carbons (Fsp3) is 0.778. The molecule has 0 spiro atoms. The van der Waals surface area contributed by atoms with Crippen LogP contribution in [0.5, 0.6) is 0 Å². The molecule has 0 rings (SSSR count). The zero-order valence-electron chi connectivity index (χ0n) is 8.46. The molecule has 0 saturated carbocycles. The summed E-state index contributed by atoms with van der Waals surface area (Å²) in [5, 5.41) is 2.86. The fourth-order valence-corrected chi connectivity index (χ4v) is 1.11. The normalized spacial score (nSPS) is 14.7. The lowest BCUT2D eigenvalue weighted by Crippen LogP contribution is -2.40. The highest BCUT2D eigenvalue weighted by molar-refractivity contribution is 7.80. The second-order valence-corrected chi connectivity index (χ2v) is 3.79. The third kappa shape index (κ3) is 4.83. The van der Waals surface area contributed by atoms with E-state index in [1.807, 2.05) is 6.92 Å². The fourth-order valence-electron chi connectivity index (χ4n) is 1.00. The molecule has 1 amide bonds. The van der Waals surface area contributed by atoms with Crippen molar-refractivity contribution in [2.75, 3.05) is 0 Å². The molecule has 0 aromatic heterocycles. The van der Waals surface area contributed by atoms with Crippen molar-refractivity contribution in [1.82, 2.24) is 5.32 Å². The van der Waals surface area contributed by atoms with Gasteiger partial charge in [0.05, 0.1) is 10.9 Å². The molecule has 2 atom stereocenters. The first-order valence-electron chi connectivity index (χ1n) is 4.58. The Bertz CT molecular complexity index is 194. The molecule has 0 aromatic carbocycles. The van der Waals surface area contributed by atoms with E-state index < -0.39 is 0 Å². The molecular weight excluding hydrogens is 184 g/mol. The largest absolute Gasteiger partial charge is 0.393 e. The van der Waals surface area contributed by atoms with Crippen molar-refractivity contribution in [3.05, 3.63) is 0 Å². The lowest BCUT2D eigenvalue weighted by molar-refractivity contribution is -0.123. The molecule has 0 heterocycles. The number of hydrogen-bond donors (Lipinski definition) is 2. The Labute approximate surface area is 85.1 Å². The predicted molar refractivity (Wildman–Crippen MR) is 58.5 cm³/mol. The van der Waals surface area contributed by atoms with Crippen LogP contribution in [-0.4, -0.2) is 16.9 Å². The molecule has 0 aromatic rings. The first kappa shape index (κ1) is 12.4. The van der Waals surface area contributed by atoms with E-state index in [1.54, 1.807) is 6.92 Å². The lowest BCUT2D eigenvalue weighted by Gasteiger charge is -2.15. The average molecular weight is 202 g/mol. The molecule has 0 aliphatic carbocycles. The van der Waals surface area contributed by atoms with Gasteiger partial charge in [-0.15, -0.1) is 0 Å². The number of amides is 1. The highest BCUT2D eigenvalue weighted by Gasteiger charge is 2.16. The van der Waals surface area contributed by atoms with Crippen molar-refractivity contribution < 1.29 is 4.79 Å². The minimum Gasteiger partial charge on any atom is -0.393 e. The van der Waals surface area contributed by atoms with Crippen molar-refractivity contribution >= 4 is 23.1 Å². The number of carbonyl (C=O) groups is 1. The summed E-state index contributed by atoms with van der Waals surface area (Å²) in [7, 11) is 0. The third-order valence-corrected chi connectivity index (χ3v) is 2.28. The highest BCUT2D eigenvalue weighted by Crippen LogP contribution is 1.99. The van der Waals surface area contributed by atoms with Gasteiger partial charge in [-0.05, 0) is 20.3 Å². The number of carbonyl (C=O) groups excluding carboxylic acids is 1. The Balaban J connectivity index is 3.92. The van der Waals surface area contributed by atoms with Gasteiger partial charge in [-0.2, -0.15) is 0 Å². The molecule has 0 fully saturated rings. The van der Waals surface area contributed by atoms with Crippen LogP contribution in [0, 0.1) is 5.92 Å². The quantitative estimate of drug-likeness (QED) is 0.659. The van der Waals surface area contributed by atoms with Crippen LogP contribution in [-0.2, 0) is 4.79 Å². The first-order valence-corrected chi connectivity index (χ1v) is 4.99. The van der Waals surface area contributed by atoms with Crippen LogP contribution in [0.4, 0.5) is 0 Å². The summed E-state index contributed by atoms with van der Waals surface area (Å²) < 4.78 is 0. The maximum absolute atomic E-state index is 11.4. The molecular formula is C9H18N2OS. The minimum atomic E-state index is -0.366. The van der Waals surface area contributed by atoms with Crippen molar-refractivity contribution in [3.8, 4) is 0 Å². The minimum absolute atomic E-state index is 0.0755. The van der Waals surface area contributed by atoms with Crippen LogP contribution in [0.25, 0.3) is 0 Å². The van der Waals surface area contributed by atoms with E-state index in [0.717, 1.165) is 12.8 Å². The topological polar surface area (TPSA) is 55.1 Å². The monoisotopic (exact) mass is 202 g/mol. The number of hydrogen-bond acceptors (Lipinski definition) is 2. The Morgan fingerprint density at radius 1 is 1.54 bits per heavy atom. The zero-order chi connectivity index (χ0) is 10.4. The Morgan fingerprint density at radius 2 is 2.08 bits per heavy atom. The molecule has 3 nitrogen and oxygen atoms in total. The molecule has 76 valence electrons. The second kappa shape index (κ2) is 5.91. The van der Waals surface area contributed by atoms with E-state index in [4.69, 9.17) is 18.0 Å². The maximum Gasteiger partial charge on any atom is 0.229 e. The Kier molecular flexibility index (Phi) is 5.62. The average Bonchev–Trinajstić information content (AvgIpc) is 2.03. The van der Waals surface area contributed by atoms with Gasteiger partial charge in [0.15, 0.2) is 0 Å². The Hall–Kier alpha value is -0.640. The van der Waals surface area contributed by atoms with Crippen LogP contribution >= 0.6 is 12.2 Å². The van der Waals surface area contributed by atoms with E-state index >= 15 is 0 Å². The molecule has 13 heavy (non-hydrogen) atoms. The van der Waals surface area contributed by atoms with Gasteiger partial charge in [-0.25, -0.2) is 0 Å². The molecule has 3 N–H and O–H groups in total. The molecule has 0 bridgehead atoms. The van der Waals surface area contributed by atoms with E-state index in [9.17, 15) is 4.79 Å². The van der Waals surface area contributed by atoms with Crippen LogP contribution in [0.15, 0.2) is 0 Å². The number of rotatable bonds is 5. The van der Waals surface area contributed by atoms with E-state index in [2.05, 4.69) is 12.2 Å². The molecule has 0 saturated heterocycles. The molecule has 0 radical (unpaired) electrons. The van der Waals surface area contributed by atoms with E-state index in [-0.39, 0.29) is 22.9 Å². The lowest BCUT2D eigenvalue weighted by atomic mass is 10.1. The van der Waals surface area contributed by atoms with Crippen molar-refractivity contribution in [2.24, 2.45) is 11.7 Å². The molecule has 0 aliphatic rings. The standard InChI is InChI=1S/C9H18N2OS/c1-4-5-6(2)11-9(12)7(3)8(10)13/h6-7H,4-5H2,1-3H3,(H2,10,13)(H,11,12). The molecule has 4 heteroatoms. The summed E-state index contributed by atoms with van der Waals surface area (Å²) in [6, 6.07) is 0.203. The summed E-state index contributed by atoms with van der Waals surface area (Å²) >= 11 is 4.73. The highest BCUT2D eigenvalue weighted by atomic mass is 32.1. The van der Waals surface area contributed by atoms with E-state index in [1.165, 1.54) is 0 Å². The van der Waals surface area contributed by atoms with Gasteiger partial charge >= 0.3 is 0 Å². The van der Waals surface area contributed by atoms with E-state index in [0.29, 0.717) is 0 Å². The van der Waals surface area contributed by atoms with Crippen molar-refractivity contribution in [1.29, 1.82) is 0 Å². The number of thiocarbonyl (C=S) groups is 1. The third-order valence-electron chi connectivity index (χ3n) is 1.93. The first-order chi connectivity index (χ1) is 5.99. The maximum atomic E-state index is 11.4. The van der Waals surface area contributed by atoms with Gasteiger partial charge in [0, 0.05) is 6.04 Å². The van der Waals surface area contributed by atoms with Crippen molar-refractivity contribution in [3.63, 3.8) is 0 Å². The van der Waals surface area contributed by atoms with Crippen LogP contribution < -0.4 is 11.1 Å². The van der Waals surface area contributed by atoms with Gasteiger partial charge in [0.1, 0.15) is 0 Å². The summed E-state index contributed by atoms with van der Waals surface area (Å²) in [5.41, 5.74) is 5.36. The number of nitrogens with two attached hydrogens (primary N) is 1. The predicted octanol–water partition coefficient (Wildman–Crippen LogP) is 1.21. The van der Waals surface area contributed by atoms with Crippen LogP contribution in [0.1, 0.15) is 33.6 Å². The summed E-state index contributed by atoms with van der Waals surface area (Å²) in [6.45, 7) is 5.78. The van der Waals surface area contributed by atoms with Gasteiger partial charge in [-0.3, -0.25) is 4.79 Å². The zero-order valence-corrected chi connectivity index (χ0v) is 9.28. The molecule has 2 unspecified atom stereocenters. The van der Waals surface area contributed by atoms with Crippen LogP contribution in [0.2, 0.25) is 0 Å². The summed E-state index contributed by atoms with van der Waals surface area (Å²) in [4.78, 5) is 11.6. The van der Waals surface area contributed by atoms with Crippen LogP contribution in [0.3, 0.4) is 0 Å². The Morgan fingerprint density at radius 3 is 2.46 bits per heavy atom. The number of nitrogens with one attached hydrogen (secondary N) is 1. The second-order valence-electron chi connectivity index (χ2n) is 3.32. The smallest absolute Gasteiger partial charge is 0.229 e. The van der Waals surface area contributed by atoms with Crippen molar-refractivity contribution in [2.45, 2.75) is 39.7 Å². The summed E-state index contributed by atoms with van der Waals surface area (Å²) in [5.74, 6) is -0.442. The summed E-state index contributed by atoms with van der Waals surface area (Å²) in [6.07, 6.45) is 2.04. The van der Waals surface area contributed by atoms with Gasteiger partial charge in [-0.1, -0.05) is 25.6 Å². The SMILES string of the molecule is CCCC(C)NC(=O)C(C)C(N)=S. The van der Waals surface area contributed by atoms with Gasteiger partial charge < -0.3 is 11.1 Å². The molecule has 0 aliphatic heterocycles. The van der Waals surface area contributed by atoms with Gasteiger partial charge in [0.2, 0.25) is 5.91 Å². The van der Waals surface area contributed by atoms with Gasteiger partial charge in [0.25, 0.3) is 0 Å².